The molecule has 0 radical (unpaired) electrons. The summed E-state index contributed by atoms with van der Waals surface area (Å²) < 4.78 is 49.5. The van der Waals surface area contributed by atoms with Crippen molar-refractivity contribution in [1.82, 2.24) is 34.9 Å². The highest BCUT2D eigenvalue weighted by Gasteiger charge is 2.33. The highest BCUT2D eigenvalue weighted by molar-refractivity contribution is 5.25. The van der Waals surface area contributed by atoms with Crippen LogP contribution in [0.15, 0.2) is 104 Å². The lowest BCUT2D eigenvalue weighted by Crippen LogP contribution is -2.17. The van der Waals surface area contributed by atoms with Crippen molar-refractivity contribution in [1.29, 1.82) is 0 Å². The lowest BCUT2D eigenvalue weighted by atomic mass is 9.87. The van der Waals surface area contributed by atoms with Gasteiger partial charge in [-0.15, -0.1) is 0 Å². The van der Waals surface area contributed by atoms with Gasteiger partial charge in [-0.05, 0) is 137 Å². The van der Waals surface area contributed by atoms with E-state index in [-0.39, 0.29) is 32.5 Å². The minimum atomic E-state index is -4.36. The topological polar surface area (TPSA) is 90.2 Å². The quantitative estimate of drug-likeness (QED) is 0.111. The van der Waals surface area contributed by atoms with E-state index in [1.54, 1.807) is 6.07 Å². The first kappa shape index (κ1) is 61.6. The zero-order chi connectivity index (χ0) is 53.4. The number of halogens is 4. The predicted molar refractivity (Wildman–Crippen MR) is 279 cm³/mol. The van der Waals surface area contributed by atoms with Gasteiger partial charge in [0, 0.05) is 65.4 Å². The van der Waals surface area contributed by atoms with E-state index in [1.807, 2.05) is 106 Å². The van der Waals surface area contributed by atoms with Crippen molar-refractivity contribution in [2.24, 2.45) is 0 Å². The lowest BCUT2D eigenvalue weighted by Gasteiger charge is -2.18. The van der Waals surface area contributed by atoms with Crippen molar-refractivity contribution in [2.45, 2.75) is 191 Å². The number of hydrogen-bond donors (Lipinski definition) is 0. The number of nitrogens with zero attached hydrogens (tertiary/aromatic N) is 7. The van der Waals surface area contributed by atoms with Crippen LogP contribution >= 0.6 is 0 Å². The first-order valence-corrected chi connectivity index (χ1v) is 23.5. The first-order chi connectivity index (χ1) is 31.2. The van der Waals surface area contributed by atoms with Gasteiger partial charge in [0.1, 0.15) is 11.5 Å². The predicted octanol–water partition coefficient (Wildman–Crippen LogP) is 16.1. The first-order valence-electron chi connectivity index (χ1n) is 23.5. The molecule has 0 aliphatic heterocycles. The van der Waals surface area contributed by atoms with Crippen LogP contribution in [0.5, 0.6) is 0 Å². The van der Waals surface area contributed by atoms with Gasteiger partial charge in [0.2, 0.25) is 5.95 Å². The molecule has 6 aromatic rings. The van der Waals surface area contributed by atoms with Gasteiger partial charge >= 0.3 is 6.18 Å². The van der Waals surface area contributed by atoms with E-state index < -0.39 is 17.8 Å². The molecule has 378 valence electrons. The van der Waals surface area contributed by atoms with Crippen LogP contribution in [-0.4, -0.2) is 34.9 Å². The molecule has 0 unspecified atom stereocenters. The number of alkyl halides is 3. The molecule has 0 fully saturated rings. The van der Waals surface area contributed by atoms with E-state index in [1.165, 1.54) is 40.6 Å². The molecule has 0 amide bonds. The fraction of sp³-hybridized carbons (Fsp3) is 0.500. The molecular weight excluding hydrogens is 871 g/mol. The molecule has 0 spiro atoms. The van der Waals surface area contributed by atoms with Gasteiger partial charge in [-0.3, -0.25) is 15.0 Å². The van der Waals surface area contributed by atoms with E-state index in [4.69, 9.17) is 0 Å². The molecular formula is C58H83F4N7. The Morgan fingerprint density at radius 2 is 0.725 bits per heavy atom. The molecule has 0 saturated carbocycles. The fourth-order valence-electron chi connectivity index (χ4n) is 5.59. The molecule has 0 aliphatic carbocycles. The van der Waals surface area contributed by atoms with Gasteiger partial charge in [0.25, 0.3) is 0 Å². The Labute approximate surface area is 414 Å². The Balaban J connectivity index is 0.000000415. The monoisotopic (exact) mass is 954 g/mol. The van der Waals surface area contributed by atoms with Gasteiger partial charge in [-0.1, -0.05) is 137 Å². The smallest absolute Gasteiger partial charge is 0.262 e. The van der Waals surface area contributed by atoms with E-state index in [0.29, 0.717) is 5.69 Å². The summed E-state index contributed by atoms with van der Waals surface area (Å²) in [6, 6.07) is 19.9. The van der Waals surface area contributed by atoms with Crippen molar-refractivity contribution < 1.29 is 17.6 Å². The second-order valence-corrected chi connectivity index (χ2v) is 23.4. The average molecular weight is 954 g/mol. The second kappa shape index (κ2) is 25.4. The van der Waals surface area contributed by atoms with Crippen LogP contribution in [0.4, 0.5) is 17.6 Å². The van der Waals surface area contributed by atoms with Crippen molar-refractivity contribution >= 4 is 0 Å². The Bertz CT molecular complexity index is 2200. The third-order valence-corrected chi connectivity index (χ3v) is 10.4. The van der Waals surface area contributed by atoms with Crippen LogP contribution in [0.25, 0.3) is 0 Å². The summed E-state index contributed by atoms with van der Waals surface area (Å²) in [7, 11) is 0. The molecule has 0 saturated heterocycles. The Kier molecular flexibility index (Phi) is 22.7. The minimum Gasteiger partial charge on any atom is -0.262 e. The number of rotatable bonds is 0. The van der Waals surface area contributed by atoms with Crippen molar-refractivity contribution in [3.8, 4) is 0 Å². The van der Waals surface area contributed by atoms with Crippen LogP contribution in [0.2, 0.25) is 0 Å². The summed E-state index contributed by atoms with van der Waals surface area (Å²) in [5.41, 5.74) is 9.57. The molecule has 0 aliphatic rings. The van der Waals surface area contributed by atoms with Crippen molar-refractivity contribution in [3.05, 3.63) is 172 Å². The number of aryl methyl sites for hydroxylation is 4. The average Bonchev–Trinajstić information content (AvgIpc) is 3.20. The summed E-state index contributed by atoms with van der Waals surface area (Å²) in [4.78, 5) is 27.9. The Hall–Kier alpha value is -5.45. The van der Waals surface area contributed by atoms with Crippen LogP contribution in [0.3, 0.4) is 0 Å². The normalized spacial score (nSPS) is 11.9. The van der Waals surface area contributed by atoms with E-state index in [0.717, 1.165) is 34.5 Å². The third-order valence-electron chi connectivity index (χ3n) is 10.4. The van der Waals surface area contributed by atoms with Crippen LogP contribution < -0.4 is 0 Å². The van der Waals surface area contributed by atoms with Crippen LogP contribution in [0.1, 0.15) is 187 Å². The Morgan fingerprint density at radius 3 is 1.03 bits per heavy atom. The maximum atomic E-state index is 12.6. The van der Waals surface area contributed by atoms with Crippen LogP contribution in [-0.2, 0) is 38.7 Å². The minimum absolute atomic E-state index is 0.00375. The van der Waals surface area contributed by atoms with Crippen molar-refractivity contribution in [3.63, 3.8) is 0 Å². The zero-order valence-electron chi connectivity index (χ0n) is 46.0. The van der Waals surface area contributed by atoms with Gasteiger partial charge < -0.3 is 0 Å². The van der Waals surface area contributed by atoms with Gasteiger partial charge in [-0.25, -0.2) is 19.9 Å². The van der Waals surface area contributed by atoms with Crippen LogP contribution in [0, 0.1) is 33.6 Å². The third kappa shape index (κ3) is 24.6. The molecule has 69 heavy (non-hydrogen) atoms. The second-order valence-electron chi connectivity index (χ2n) is 23.4. The summed E-state index contributed by atoms with van der Waals surface area (Å²) in [5.74, 6) is 0.426. The van der Waals surface area contributed by atoms with E-state index in [9.17, 15) is 17.6 Å². The zero-order valence-corrected chi connectivity index (χ0v) is 46.0. The Morgan fingerprint density at radius 1 is 0.348 bits per heavy atom. The number of aromatic nitrogens is 7. The summed E-state index contributed by atoms with van der Waals surface area (Å²) in [6.07, 6.45) is 6.61. The highest BCUT2D eigenvalue weighted by Crippen LogP contribution is 2.30. The van der Waals surface area contributed by atoms with Crippen molar-refractivity contribution in [2.75, 3.05) is 0 Å². The van der Waals surface area contributed by atoms with Gasteiger partial charge in [0.15, 0.2) is 0 Å². The maximum Gasteiger partial charge on any atom is 0.433 e. The van der Waals surface area contributed by atoms with E-state index in [2.05, 4.69) is 154 Å². The van der Waals surface area contributed by atoms with Gasteiger partial charge in [-0.2, -0.15) is 17.6 Å². The SMILES string of the molecule is CC(C)(C)c1cccc(C(F)(F)F)n1.CC(C)(C)c1ccnc(F)c1.Cc1cc(C(C)(C)C)ccn1.Cc1cc(C(C)(C)C)ccn1.Cc1ccc(C(C)(C)C)cn1.Cc1ncc(C(C)(C)C)cn1. The molecule has 0 aromatic carbocycles. The fourth-order valence-corrected chi connectivity index (χ4v) is 5.59. The summed E-state index contributed by atoms with van der Waals surface area (Å²) in [5, 5.41) is 0. The highest BCUT2D eigenvalue weighted by atomic mass is 19.4. The molecule has 6 heterocycles. The lowest BCUT2D eigenvalue weighted by molar-refractivity contribution is -0.141. The molecule has 0 bridgehead atoms. The van der Waals surface area contributed by atoms with Gasteiger partial charge in [0.05, 0.1) is 0 Å². The van der Waals surface area contributed by atoms with E-state index >= 15 is 0 Å². The summed E-state index contributed by atoms with van der Waals surface area (Å²) in [6.45, 7) is 45.9. The summed E-state index contributed by atoms with van der Waals surface area (Å²) >= 11 is 0. The molecule has 6 aromatic heterocycles. The standard InChI is InChI=1S/C10H12F3N.3C10H15N.C9H12FN.C9H14N2/c1-9(2,3)7-5-4-6-8(14-7)10(11,12)13;2*1-8-7-9(5-6-11-8)10(2,3)4;1-8-5-6-9(7-11-8)10(2,3)4;1-9(2,3)7-4-5-11-8(10)6-7;1-7-10-5-8(6-11-7)9(2,3)4/h4-6H,1-3H3;3*5-7H,1-4H3;4-6H,1-3H3;5-6H,1-4H3. The number of pyridine rings is 5. The molecule has 7 nitrogen and oxygen atoms in total. The molecule has 0 N–H and O–H groups in total. The maximum absolute atomic E-state index is 12.6. The molecule has 0 atom stereocenters. The number of hydrogen-bond acceptors (Lipinski definition) is 7. The molecule has 11 heteroatoms. The largest absolute Gasteiger partial charge is 0.433 e. The molecule has 6 rings (SSSR count).